The Bertz CT molecular complexity index is 730. The number of amides is 1. The molecule has 1 saturated heterocycles. The Labute approximate surface area is 155 Å². The van der Waals surface area contributed by atoms with Gasteiger partial charge < -0.3 is 19.9 Å². The van der Waals surface area contributed by atoms with E-state index < -0.39 is 0 Å². The van der Waals surface area contributed by atoms with Crippen molar-refractivity contribution in [3.63, 3.8) is 0 Å². The zero-order chi connectivity index (χ0) is 18.5. The van der Waals surface area contributed by atoms with Gasteiger partial charge in [-0.1, -0.05) is 6.07 Å². The van der Waals surface area contributed by atoms with E-state index in [-0.39, 0.29) is 5.91 Å². The van der Waals surface area contributed by atoms with Gasteiger partial charge in [0.05, 0.1) is 33.3 Å². The van der Waals surface area contributed by atoms with Gasteiger partial charge in [-0.05, 0) is 61.4 Å². The zero-order valence-electron chi connectivity index (χ0n) is 15.8. The number of nitrogens with one attached hydrogen (secondary N) is 2. The van der Waals surface area contributed by atoms with Crippen LogP contribution in [0.15, 0.2) is 42.5 Å². The van der Waals surface area contributed by atoms with Gasteiger partial charge in [0.25, 0.3) is 5.91 Å². The molecule has 0 aromatic heterocycles. The monoisotopic (exact) mass is 354 g/mol. The highest BCUT2D eigenvalue weighted by Gasteiger charge is 2.22. The predicted octanol–water partition coefficient (Wildman–Crippen LogP) is 1.66. The molecule has 26 heavy (non-hydrogen) atoms. The molecule has 0 atom stereocenters. The molecular formula is C21H28N3O2+. The molecule has 0 saturated carbocycles. The zero-order valence-corrected chi connectivity index (χ0v) is 15.8. The SMILES string of the molecule is COc1ccc(N2CC[NH+](CC(=O)Nc3cc(C)cc(C)c3)CC2)cc1. The van der Waals surface area contributed by atoms with Gasteiger partial charge in [0.1, 0.15) is 5.75 Å². The van der Waals surface area contributed by atoms with Gasteiger partial charge in [-0.3, -0.25) is 4.79 Å². The molecule has 1 fully saturated rings. The van der Waals surface area contributed by atoms with E-state index in [4.69, 9.17) is 4.74 Å². The Balaban J connectivity index is 1.49. The molecular weight excluding hydrogens is 326 g/mol. The molecule has 0 radical (unpaired) electrons. The molecule has 0 spiro atoms. The van der Waals surface area contributed by atoms with Gasteiger partial charge in [-0.2, -0.15) is 0 Å². The first kappa shape index (κ1) is 18.3. The van der Waals surface area contributed by atoms with Crippen LogP contribution in [0.3, 0.4) is 0 Å². The van der Waals surface area contributed by atoms with Crippen molar-refractivity contribution >= 4 is 17.3 Å². The van der Waals surface area contributed by atoms with Gasteiger partial charge in [-0.25, -0.2) is 0 Å². The van der Waals surface area contributed by atoms with Gasteiger partial charge in [-0.15, -0.1) is 0 Å². The van der Waals surface area contributed by atoms with Gasteiger partial charge in [0.15, 0.2) is 6.54 Å². The molecule has 1 aliphatic rings. The maximum atomic E-state index is 12.4. The third-order valence-corrected chi connectivity index (χ3v) is 4.82. The smallest absolute Gasteiger partial charge is 0.279 e. The molecule has 5 heteroatoms. The molecule has 2 aromatic rings. The standard InChI is InChI=1S/C21H27N3O2/c1-16-12-17(2)14-18(13-16)22-21(25)15-23-8-10-24(11-9-23)19-4-6-20(26-3)7-5-19/h4-7,12-14H,8-11,15H2,1-3H3,(H,22,25)/p+1. The molecule has 3 rings (SSSR count). The second-order valence-electron chi connectivity index (χ2n) is 7.04. The predicted molar refractivity (Wildman–Crippen MR) is 105 cm³/mol. The van der Waals surface area contributed by atoms with E-state index in [1.807, 2.05) is 38.1 Å². The summed E-state index contributed by atoms with van der Waals surface area (Å²) in [6.07, 6.45) is 0. The first-order valence-electron chi connectivity index (χ1n) is 9.14. The Morgan fingerprint density at radius 1 is 1.08 bits per heavy atom. The summed E-state index contributed by atoms with van der Waals surface area (Å²) in [4.78, 5) is 16.1. The average Bonchev–Trinajstić information content (AvgIpc) is 2.61. The molecule has 138 valence electrons. The van der Waals surface area contributed by atoms with Crippen LogP contribution in [-0.2, 0) is 4.79 Å². The first-order chi connectivity index (χ1) is 12.5. The number of benzene rings is 2. The van der Waals surface area contributed by atoms with E-state index in [2.05, 4.69) is 28.4 Å². The quantitative estimate of drug-likeness (QED) is 0.858. The minimum absolute atomic E-state index is 0.0860. The summed E-state index contributed by atoms with van der Waals surface area (Å²) in [6, 6.07) is 14.3. The van der Waals surface area contributed by atoms with Crippen molar-refractivity contribution in [1.29, 1.82) is 0 Å². The van der Waals surface area contributed by atoms with Crippen LogP contribution in [0.5, 0.6) is 5.75 Å². The van der Waals surface area contributed by atoms with Crippen molar-refractivity contribution in [3.05, 3.63) is 53.6 Å². The largest absolute Gasteiger partial charge is 0.497 e. The molecule has 1 amide bonds. The normalized spacial score (nSPS) is 15.0. The number of hydrogen-bond donors (Lipinski definition) is 2. The third kappa shape index (κ3) is 4.76. The molecule has 1 heterocycles. The fraction of sp³-hybridized carbons (Fsp3) is 0.381. The highest BCUT2D eigenvalue weighted by molar-refractivity contribution is 5.91. The van der Waals surface area contributed by atoms with Crippen LogP contribution in [0, 0.1) is 13.8 Å². The first-order valence-corrected chi connectivity index (χ1v) is 9.14. The number of aryl methyl sites for hydroxylation is 2. The van der Waals surface area contributed by atoms with Crippen LogP contribution in [0.1, 0.15) is 11.1 Å². The summed E-state index contributed by atoms with van der Waals surface area (Å²) in [5.74, 6) is 0.962. The van der Waals surface area contributed by atoms with Crippen molar-refractivity contribution in [2.75, 3.05) is 50.1 Å². The number of carbonyl (C=O) groups is 1. The highest BCUT2D eigenvalue weighted by atomic mass is 16.5. The topological polar surface area (TPSA) is 46.0 Å². The van der Waals surface area contributed by atoms with Crippen molar-refractivity contribution in [1.82, 2.24) is 0 Å². The van der Waals surface area contributed by atoms with Gasteiger partial charge in [0, 0.05) is 11.4 Å². The van der Waals surface area contributed by atoms with Crippen molar-refractivity contribution in [2.24, 2.45) is 0 Å². The number of hydrogen-bond acceptors (Lipinski definition) is 3. The molecule has 2 aromatic carbocycles. The third-order valence-electron chi connectivity index (χ3n) is 4.82. The Hall–Kier alpha value is -2.53. The van der Waals surface area contributed by atoms with E-state index in [1.165, 1.54) is 21.7 Å². The van der Waals surface area contributed by atoms with E-state index in [1.54, 1.807) is 7.11 Å². The lowest BCUT2D eigenvalue weighted by Crippen LogP contribution is -3.15. The summed E-state index contributed by atoms with van der Waals surface area (Å²) in [5, 5.41) is 3.04. The number of quaternary nitrogens is 1. The molecule has 1 aliphatic heterocycles. The van der Waals surface area contributed by atoms with Crippen LogP contribution in [-0.4, -0.2) is 45.7 Å². The summed E-state index contributed by atoms with van der Waals surface area (Å²) < 4.78 is 5.21. The summed E-state index contributed by atoms with van der Waals surface area (Å²) in [5.41, 5.74) is 4.44. The molecule has 0 aliphatic carbocycles. The number of ether oxygens (including phenoxy) is 1. The Morgan fingerprint density at radius 3 is 2.27 bits per heavy atom. The van der Waals surface area contributed by atoms with E-state index in [0.29, 0.717) is 6.54 Å². The van der Waals surface area contributed by atoms with E-state index in [9.17, 15) is 4.79 Å². The lowest BCUT2D eigenvalue weighted by Gasteiger charge is -2.33. The number of piperazine rings is 1. The molecule has 0 unspecified atom stereocenters. The van der Waals surface area contributed by atoms with Crippen molar-refractivity contribution in [2.45, 2.75) is 13.8 Å². The fourth-order valence-electron chi connectivity index (χ4n) is 3.53. The van der Waals surface area contributed by atoms with Crippen molar-refractivity contribution in [3.8, 4) is 5.75 Å². The number of rotatable bonds is 5. The highest BCUT2D eigenvalue weighted by Crippen LogP contribution is 2.19. The maximum absolute atomic E-state index is 12.4. The number of methoxy groups -OCH3 is 1. The Morgan fingerprint density at radius 2 is 1.69 bits per heavy atom. The lowest BCUT2D eigenvalue weighted by atomic mass is 10.1. The second kappa shape index (κ2) is 8.23. The van der Waals surface area contributed by atoms with Gasteiger partial charge >= 0.3 is 0 Å². The minimum atomic E-state index is 0.0860. The summed E-state index contributed by atoms with van der Waals surface area (Å²) in [7, 11) is 1.68. The van der Waals surface area contributed by atoms with E-state index in [0.717, 1.165) is 37.6 Å². The molecule has 2 N–H and O–H groups in total. The lowest BCUT2D eigenvalue weighted by molar-refractivity contribution is -0.892. The second-order valence-corrected chi connectivity index (χ2v) is 7.04. The maximum Gasteiger partial charge on any atom is 0.279 e. The minimum Gasteiger partial charge on any atom is -0.497 e. The number of carbonyl (C=O) groups excluding carboxylic acids is 1. The molecule has 5 nitrogen and oxygen atoms in total. The van der Waals surface area contributed by atoms with Crippen LogP contribution in [0.4, 0.5) is 11.4 Å². The van der Waals surface area contributed by atoms with E-state index >= 15 is 0 Å². The van der Waals surface area contributed by atoms with Crippen LogP contribution >= 0.6 is 0 Å². The number of nitrogens with zero attached hydrogens (tertiary/aromatic N) is 1. The Kier molecular flexibility index (Phi) is 5.78. The van der Waals surface area contributed by atoms with Crippen LogP contribution in [0.2, 0.25) is 0 Å². The van der Waals surface area contributed by atoms with Crippen LogP contribution in [0.25, 0.3) is 0 Å². The molecule has 0 bridgehead atoms. The fourth-order valence-corrected chi connectivity index (χ4v) is 3.53. The van der Waals surface area contributed by atoms with Crippen molar-refractivity contribution < 1.29 is 14.4 Å². The average molecular weight is 354 g/mol. The van der Waals surface area contributed by atoms with Gasteiger partial charge in [0.2, 0.25) is 0 Å². The van der Waals surface area contributed by atoms with Crippen LogP contribution < -0.4 is 19.9 Å². The summed E-state index contributed by atoms with van der Waals surface area (Å²) in [6.45, 7) is 8.46. The number of anilines is 2. The summed E-state index contributed by atoms with van der Waals surface area (Å²) >= 11 is 0.